The van der Waals surface area contributed by atoms with Crippen molar-refractivity contribution in [2.45, 2.75) is 26.2 Å². The largest absolute Gasteiger partial charge is 0.481 e. The monoisotopic (exact) mass is 256 g/mol. The van der Waals surface area contributed by atoms with Gasteiger partial charge in [-0.3, -0.25) is 0 Å². The van der Waals surface area contributed by atoms with E-state index < -0.39 is 0 Å². The van der Waals surface area contributed by atoms with Crippen molar-refractivity contribution in [3.05, 3.63) is 27.7 Å². The molecule has 0 aliphatic rings. The highest BCUT2D eigenvalue weighted by Gasteiger charge is 2.21. The molecule has 0 aromatic heterocycles. The van der Waals surface area contributed by atoms with Crippen LogP contribution in [-0.2, 0) is 5.41 Å². The molecule has 0 aliphatic heterocycles. The Balaban J connectivity index is 3.14. The number of benzene rings is 1. The average molecular weight is 257 g/mol. The summed E-state index contributed by atoms with van der Waals surface area (Å²) < 4.78 is 5.28. The SMILES string of the molecule is C#CCOc1cc(Cl)c(C(C)(C)C)c(Cl)c1. The normalized spacial score (nSPS) is 11.0. The minimum Gasteiger partial charge on any atom is -0.481 e. The quantitative estimate of drug-likeness (QED) is 0.717. The van der Waals surface area contributed by atoms with E-state index in [2.05, 4.69) is 26.7 Å². The minimum absolute atomic E-state index is 0.0984. The maximum atomic E-state index is 6.18. The third-order valence-corrected chi connectivity index (χ3v) is 2.68. The fourth-order valence-electron chi connectivity index (χ4n) is 1.47. The van der Waals surface area contributed by atoms with Gasteiger partial charge in [0.2, 0.25) is 0 Å². The van der Waals surface area contributed by atoms with Crippen LogP contribution in [-0.4, -0.2) is 6.61 Å². The average Bonchev–Trinajstić information content (AvgIpc) is 2.11. The zero-order valence-corrected chi connectivity index (χ0v) is 11.1. The molecule has 3 heteroatoms. The van der Waals surface area contributed by atoms with Crippen LogP contribution in [0.5, 0.6) is 5.75 Å². The number of ether oxygens (including phenoxy) is 1. The smallest absolute Gasteiger partial charge is 0.148 e. The second-order valence-electron chi connectivity index (χ2n) is 4.50. The molecule has 86 valence electrons. The van der Waals surface area contributed by atoms with E-state index in [1.165, 1.54) is 0 Å². The first kappa shape index (κ1) is 13.2. The highest BCUT2D eigenvalue weighted by atomic mass is 35.5. The van der Waals surface area contributed by atoms with Crippen LogP contribution in [0.2, 0.25) is 10.0 Å². The Kier molecular flexibility index (Phi) is 4.13. The van der Waals surface area contributed by atoms with Crippen molar-refractivity contribution in [1.29, 1.82) is 0 Å². The van der Waals surface area contributed by atoms with Crippen LogP contribution in [0.15, 0.2) is 12.1 Å². The molecule has 0 atom stereocenters. The highest BCUT2D eigenvalue weighted by Crippen LogP contribution is 2.38. The Labute approximate surface area is 107 Å². The Morgan fingerprint density at radius 3 is 2.12 bits per heavy atom. The van der Waals surface area contributed by atoms with Crippen LogP contribution in [0.3, 0.4) is 0 Å². The fourth-order valence-corrected chi connectivity index (χ4v) is 2.51. The maximum Gasteiger partial charge on any atom is 0.148 e. The molecule has 0 aliphatic carbocycles. The van der Waals surface area contributed by atoms with E-state index in [1.54, 1.807) is 12.1 Å². The van der Waals surface area contributed by atoms with Crippen molar-refractivity contribution in [3.8, 4) is 18.1 Å². The molecule has 0 fully saturated rings. The summed E-state index contributed by atoms with van der Waals surface area (Å²) in [6.07, 6.45) is 5.11. The lowest BCUT2D eigenvalue weighted by molar-refractivity contribution is 0.370. The van der Waals surface area contributed by atoms with Crippen LogP contribution >= 0.6 is 23.2 Å². The van der Waals surface area contributed by atoms with E-state index in [9.17, 15) is 0 Å². The topological polar surface area (TPSA) is 9.23 Å². The van der Waals surface area contributed by atoms with E-state index in [4.69, 9.17) is 34.4 Å². The maximum absolute atomic E-state index is 6.18. The zero-order valence-electron chi connectivity index (χ0n) is 9.60. The Morgan fingerprint density at radius 2 is 1.75 bits per heavy atom. The summed E-state index contributed by atoms with van der Waals surface area (Å²) in [5.41, 5.74) is 0.822. The first-order valence-corrected chi connectivity index (χ1v) is 5.67. The lowest BCUT2D eigenvalue weighted by atomic mass is 9.87. The Hall–Kier alpha value is -0.840. The van der Waals surface area contributed by atoms with Crippen molar-refractivity contribution in [3.63, 3.8) is 0 Å². The van der Waals surface area contributed by atoms with Gasteiger partial charge in [-0.25, -0.2) is 0 Å². The summed E-state index contributed by atoms with van der Waals surface area (Å²) in [6, 6.07) is 3.48. The molecule has 0 radical (unpaired) electrons. The molecule has 0 unspecified atom stereocenters. The van der Waals surface area contributed by atoms with Crippen LogP contribution in [0.1, 0.15) is 26.3 Å². The van der Waals surface area contributed by atoms with Crippen molar-refractivity contribution in [1.82, 2.24) is 0 Å². The van der Waals surface area contributed by atoms with E-state index in [0.29, 0.717) is 15.8 Å². The summed E-state index contributed by atoms with van der Waals surface area (Å²) in [7, 11) is 0. The van der Waals surface area contributed by atoms with Crippen molar-refractivity contribution >= 4 is 23.2 Å². The molecule has 1 aromatic carbocycles. The zero-order chi connectivity index (χ0) is 12.3. The summed E-state index contributed by atoms with van der Waals surface area (Å²) in [6.45, 7) is 6.38. The lowest BCUT2D eigenvalue weighted by Crippen LogP contribution is -2.12. The van der Waals surface area contributed by atoms with Crippen LogP contribution < -0.4 is 4.74 Å². The molecule has 0 saturated carbocycles. The van der Waals surface area contributed by atoms with Crippen molar-refractivity contribution < 1.29 is 4.74 Å². The minimum atomic E-state index is -0.0984. The standard InChI is InChI=1S/C13H14Cl2O/c1-5-6-16-9-7-10(14)12(11(15)8-9)13(2,3)4/h1,7-8H,6H2,2-4H3. The van der Waals surface area contributed by atoms with Gasteiger partial charge in [0.15, 0.2) is 0 Å². The molecule has 0 saturated heterocycles. The van der Waals surface area contributed by atoms with Gasteiger partial charge in [-0.2, -0.15) is 0 Å². The van der Waals surface area contributed by atoms with E-state index in [1.807, 2.05) is 0 Å². The number of rotatable bonds is 2. The van der Waals surface area contributed by atoms with Gasteiger partial charge in [-0.1, -0.05) is 49.9 Å². The van der Waals surface area contributed by atoms with Gasteiger partial charge in [-0.05, 0) is 23.1 Å². The van der Waals surface area contributed by atoms with Crippen LogP contribution in [0.25, 0.3) is 0 Å². The molecule has 0 bridgehead atoms. The molecule has 0 heterocycles. The van der Waals surface area contributed by atoms with Gasteiger partial charge in [0.05, 0.1) is 0 Å². The molecule has 1 aromatic rings. The van der Waals surface area contributed by atoms with E-state index >= 15 is 0 Å². The van der Waals surface area contributed by atoms with E-state index in [0.717, 1.165) is 5.56 Å². The van der Waals surface area contributed by atoms with Gasteiger partial charge >= 0.3 is 0 Å². The molecule has 0 N–H and O–H groups in total. The summed E-state index contributed by atoms with van der Waals surface area (Å²) in [4.78, 5) is 0. The Morgan fingerprint density at radius 1 is 1.25 bits per heavy atom. The number of hydrogen-bond acceptors (Lipinski definition) is 1. The summed E-state index contributed by atoms with van der Waals surface area (Å²) in [5.74, 6) is 2.99. The van der Waals surface area contributed by atoms with Gasteiger partial charge < -0.3 is 4.74 Å². The predicted molar refractivity (Wildman–Crippen MR) is 69.5 cm³/mol. The molecule has 16 heavy (non-hydrogen) atoms. The molecule has 1 rings (SSSR count). The number of halogens is 2. The summed E-state index contributed by atoms with van der Waals surface area (Å²) >= 11 is 12.4. The second-order valence-corrected chi connectivity index (χ2v) is 5.32. The van der Waals surface area contributed by atoms with E-state index in [-0.39, 0.29) is 12.0 Å². The van der Waals surface area contributed by atoms with Crippen LogP contribution in [0, 0.1) is 12.3 Å². The number of terminal acetylenes is 1. The van der Waals surface area contributed by atoms with Crippen molar-refractivity contribution in [2.24, 2.45) is 0 Å². The predicted octanol–water partition coefficient (Wildman–Crippen LogP) is 4.30. The third kappa shape index (κ3) is 3.07. The molecule has 0 amide bonds. The fraction of sp³-hybridized carbons (Fsp3) is 0.385. The van der Waals surface area contributed by atoms with Gasteiger partial charge in [0, 0.05) is 10.0 Å². The lowest BCUT2D eigenvalue weighted by Gasteiger charge is -2.22. The third-order valence-electron chi connectivity index (χ3n) is 2.09. The van der Waals surface area contributed by atoms with Gasteiger partial charge in [0.1, 0.15) is 12.4 Å². The van der Waals surface area contributed by atoms with Gasteiger partial charge in [-0.15, -0.1) is 6.42 Å². The van der Waals surface area contributed by atoms with Crippen LogP contribution in [0.4, 0.5) is 0 Å². The van der Waals surface area contributed by atoms with Gasteiger partial charge in [0.25, 0.3) is 0 Å². The molecule has 0 spiro atoms. The molecule has 1 nitrogen and oxygen atoms in total. The molecular formula is C13H14Cl2O. The van der Waals surface area contributed by atoms with Crippen molar-refractivity contribution in [2.75, 3.05) is 6.61 Å². The highest BCUT2D eigenvalue weighted by molar-refractivity contribution is 6.36. The Bertz CT molecular complexity index is 402. The second kappa shape index (κ2) is 4.99. The first-order chi connectivity index (χ1) is 7.36. The number of hydrogen-bond donors (Lipinski definition) is 0. The summed E-state index contributed by atoms with van der Waals surface area (Å²) in [5, 5.41) is 1.21. The first-order valence-electron chi connectivity index (χ1n) is 4.92. The molecular weight excluding hydrogens is 243 g/mol.